The Morgan fingerprint density at radius 2 is 2.18 bits per heavy atom. The van der Waals surface area contributed by atoms with Gasteiger partial charge in [0.15, 0.2) is 0 Å². The lowest BCUT2D eigenvalue weighted by atomic mass is 10.2. The van der Waals surface area contributed by atoms with Gasteiger partial charge < -0.3 is 10.2 Å². The Bertz CT molecular complexity index is 372. The number of nitrogens with zero attached hydrogens (tertiary/aromatic N) is 2. The second-order valence-corrected chi connectivity index (χ2v) is 4.99. The number of aryl methyl sites for hydroxylation is 1. The van der Waals surface area contributed by atoms with E-state index in [-0.39, 0.29) is 0 Å². The second kappa shape index (κ2) is 5.50. The van der Waals surface area contributed by atoms with Gasteiger partial charge >= 0.3 is 0 Å². The summed E-state index contributed by atoms with van der Waals surface area (Å²) in [5, 5.41) is 3.44. The van der Waals surface area contributed by atoms with Crippen LogP contribution in [0, 0.1) is 6.92 Å². The summed E-state index contributed by atoms with van der Waals surface area (Å²) in [5.74, 6) is 1.13. The molecule has 1 aromatic heterocycles. The zero-order valence-corrected chi connectivity index (χ0v) is 11.2. The van der Waals surface area contributed by atoms with Crippen molar-refractivity contribution in [3.63, 3.8) is 0 Å². The summed E-state index contributed by atoms with van der Waals surface area (Å²) in [7, 11) is 2.16. The van der Waals surface area contributed by atoms with E-state index in [4.69, 9.17) is 0 Å². The van der Waals surface area contributed by atoms with Gasteiger partial charge in [-0.2, -0.15) is 0 Å². The van der Waals surface area contributed by atoms with Crippen LogP contribution in [0.1, 0.15) is 37.4 Å². The molecule has 1 N–H and O–H groups in total. The summed E-state index contributed by atoms with van der Waals surface area (Å²) >= 11 is 0. The minimum absolute atomic E-state index is 0.723. The number of anilines is 1. The molecule has 1 aliphatic carbocycles. The van der Waals surface area contributed by atoms with E-state index in [2.05, 4.69) is 48.2 Å². The lowest BCUT2D eigenvalue weighted by molar-refractivity contribution is 0.674. The highest BCUT2D eigenvalue weighted by Crippen LogP contribution is 2.29. The van der Waals surface area contributed by atoms with Gasteiger partial charge in [0.1, 0.15) is 5.82 Å². The van der Waals surface area contributed by atoms with Crippen molar-refractivity contribution in [2.24, 2.45) is 0 Å². The molecule has 1 heterocycles. The summed E-state index contributed by atoms with van der Waals surface area (Å²) in [6, 6.07) is 5.11. The number of rotatable bonds is 6. The maximum Gasteiger partial charge on any atom is 0.129 e. The highest BCUT2D eigenvalue weighted by molar-refractivity contribution is 5.44. The molecule has 2 rings (SSSR count). The molecule has 0 amide bonds. The maximum atomic E-state index is 4.62. The van der Waals surface area contributed by atoms with Gasteiger partial charge in [-0.05, 0) is 50.4 Å². The normalized spacial score (nSPS) is 15.0. The minimum atomic E-state index is 0.723. The molecule has 17 heavy (non-hydrogen) atoms. The van der Waals surface area contributed by atoms with Gasteiger partial charge in [0.25, 0.3) is 0 Å². The highest BCUT2D eigenvalue weighted by Gasteiger charge is 2.27. The Morgan fingerprint density at radius 3 is 2.82 bits per heavy atom. The van der Waals surface area contributed by atoms with Crippen molar-refractivity contribution in [3.8, 4) is 0 Å². The third kappa shape index (κ3) is 3.43. The molecule has 3 heteroatoms. The van der Waals surface area contributed by atoms with Gasteiger partial charge in [0.05, 0.1) is 0 Å². The molecule has 0 atom stereocenters. The molecule has 0 spiro atoms. The minimum Gasteiger partial charge on any atom is -0.357 e. The molecule has 0 aliphatic heterocycles. The summed E-state index contributed by atoms with van der Waals surface area (Å²) in [6.45, 7) is 6.29. The molecule has 1 aromatic rings. The Kier molecular flexibility index (Phi) is 4.00. The van der Waals surface area contributed by atoms with E-state index in [0.717, 1.165) is 30.6 Å². The van der Waals surface area contributed by atoms with Crippen LogP contribution in [0.4, 0.5) is 5.82 Å². The Labute approximate surface area is 104 Å². The van der Waals surface area contributed by atoms with E-state index in [9.17, 15) is 0 Å². The summed E-state index contributed by atoms with van der Waals surface area (Å²) in [6.07, 6.45) is 3.81. The molecule has 0 radical (unpaired) electrons. The summed E-state index contributed by atoms with van der Waals surface area (Å²) in [5.41, 5.74) is 2.46. The monoisotopic (exact) mass is 233 g/mol. The van der Waals surface area contributed by atoms with Gasteiger partial charge in [-0.3, -0.25) is 0 Å². The summed E-state index contributed by atoms with van der Waals surface area (Å²) < 4.78 is 0. The number of hydrogen-bond acceptors (Lipinski definition) is 3. The van der Waals surface area contributed by atoms with Crippen LogP contribution >= 0.6 is 0 Å². The third-order valence-electron chi connectivity index (χ3n) is 3.21. The Balaban J connectivity index is 2.05. The standard InChI is InChI=1S/C14H23N3/c1-4-7-15-10-12-8-11(2)16-14(9-12)17(3)13-5-6-13/h8-9,13,15H,4-7,10H2,1-3H3. The van der Waals surface area contributed by atoms with Crippen molar-refractivity contribution < 1.29 is 0 Å². The van der Waals surface area contributed by atoms with E-state index in [1.165, 1.54) is 24.8 Å². The fourth-order valence-electron chi connectivity index (χ4n) is 2.06. The maximum absolute atomic E-state index is 4.62. The first-order chi connectivity index (χ1) is 8.20. The number of nitrogens with one attached hydrogen (secondary N) is 1. The van der Waals surface area contributed by atoms with Crippen molar-refractivity contribution >= 4 is 5.82 Å². The van der Waals surface area contributed by atoms with Crippen molar-refractivity contribution in [2.75, 3.05) is 18.5 Å². The molecule has 0 aromatic carbocycles. The van der Waals surface area contributed by atoms with Crippen molar-refractivity contribution in [2.45, 2.75) is 45.7 Å². The van der Waals surface area contributed by atoms with Crippen LogP contribution in [0.15, 0.2) is 12.1 Å². The highest BCUT2D eigenvalue weighted by atomic mass is 15.2. The largest absolute Gasteiger partial charge is 0.357 e. The van der Waals surface area contributed by atoms with Crippen LogP contribution in [0.25, 0.3) is 0 Å². The van der Waals surface area contributed by atoms with Crippen molar-refractivity contribution in [3.05, 3.63) is 23.4 Å². The van der Waals surface area contributed by atoms with Crippen LogP contribution in [-0.2, 0) is 6.54 Å². The SMILES string of the molecule is CCCNCc1cc(C)nc(N(C)C2CC2)c1. The summed E-state index contributed by atoms with van der Waals surface area (Å²) in [4.78, 5) is 6.94. The van der Waals surface area contributed by atoms with E-state index < -0.39 is 0 Å². The molecule has 1 fully saturated rings. The molecule has 0 saturated heterocycles. The smallest absolute Gasteiger partial charge is 0.129 e. The first-order valence-electron chi connectivity index (χ1n) is 6.62. The van der Waals surface area contributed by atoms with Crippen LogP contribution in [0.5, 0.6) is 0 Å². The van der Waals surface area contributed by atoms with Crippen LogP contribution in [0.2, 0.25) is 0 Å². The van der Waals surface area contributed by atoms with Gasteiger partial charge in [-0.15, -0.1) is 0 Å². The van der Waals surface area contributed by atoms with E-state index in [0.29, 0.717) is 0 Å². The average Bonchev–Trinajstić information content (AvgIpc) is 3.11. The van der Waals surface area contributed by atoms with Gasteiger partial charge in [0.2, 0.25) is 0 Å². The predicted molar refractivity (Wildman–Crippen MR) is 72.4 cm³/mol. The molecule has 1 saturated carbocycles. The van der Waals surface area contributed by atoms with E-state index in [1.54, 1.807) is 0 Å². The molecular formula is C14H23N3. The number of hydrogen-bond donors (Lipinski definition) is 1. The van der Waals surface area contributed by atoms with Crippen LogP contribution < -0.4 is 10.2 Å². The van der Waals surface area contributed by atoms with Crippen LogP contribution in [0.3, 0.4) is 0 Å². The molecule has 1 aliphatic rings. The molecule has 0 bridgehead atoms. The van der Waals surface area contributed by atoms with E-state index in [1.807, 2.05) is 0 Å². The van der Waals surface area contributed by atoms with Crippen LogP contribution in [-0.4, -0.2) is 24.6 Å². The van der Waals surface area contributed by atoms with Crippen molar-refractivity contribution in [1.29, 1.82) is 0 Å². The quantitative estimate of drug-likeness (QED) is 0.765. The Morgan fingerprint density at radius 1 is 1.41 bits per heavy atom. The Hall–Kier alpha value is -1.09. The first kappa shape index (κ1) is 12.4. The topological polar surface area (TPSA) is 28.2 Å². The average molecular weight is 233 g/mol. The number of pyridine rings is 1. The zero-order valence-electron chi connectivity index (χ0n) is 11.2. The molecule has 0 unspecified atom stereocenters. The fraction of sp³-hybridized carbons (Fsp3) is 0.643. The first-order valence-corrected chi connectivity index (χ1v) is 6.62. The molecule has 3 nitrogen and oxygen atoms in total. The number of aromatic nitrogens is 1. The fourth-order valence-corrected chi connectivity index (χ4v) is 2.06. The molecule has 94 valence electrons. The van der Waals surface area contributed by atoms with Gasteiger partial charge in [-0.1, -0.05) is 6.92 Å². The van der Waals surface area contributed by atoms with Gasteiger partial charge in [0, 0.05) is 25.3 Å². The zero-order chi connectivity index (χ0) is 12.3. The second-order valence-electron chi connectivity index (χ2n) is 4.99. The third-order valence-corrected chi connectivity index (χ3v) is 3.21. The molecular weight excluding hydrogens is 210 g/mol. The lowest BCUT2D eigenvalue weighted by Gasteiger charge is -2.19. The lowest BCUT2D eigenvalue weighted by Crippen LogP contribution is -2.21. The van der Waals surface area contributed by atoms with Crippen molar-refractivity contribution in [1.82, 2.24) is 10.3 Å². The predicted octanol–water partition coefficient (Wildman–Crippen LogP) is 2.49. The van der Waals surface area contributed by atoms with E-state index >= 15 is 0 Å². The van der Waals surface area contributed by atoms with Gasteiger partial charge in [-0.25, -0.2) is 4.98 Å².